The molecule has 0 saturated carbocycles. The number of ether oxygens (including phenoxy) is 1. The van der Waals surface area contributed by atoms with Gasteiger partial charge in [0.1, 0.15) is 6.61 Å². The standard InChI is InChI=1S/C12H10IN5O2S/c1-17-12(19)18(16-15-17)10-4-2-3-9(13)8(10)7-20-11-14-5-6-21-11/h2-6H,7H2,1H3. The predicted molar refractivity (Wildman–Crippen MR) is 85.8 cm³/mol. The molecule has 0 aliphatic rings. The lowest BCUT2D eigenvalue weighted by molar-refractivity contribution is 0.303. The fraction of sp³-hybridized carbons (Fsp3) is 0.167. The second-order valence-electron chi connectivity index (χ2n) is 4.12. The number of hydrogen-bond acceptors (Lipinski definition) is 6. The van der Waals surface area contributed by atoms with Crippen LogP contribution in [0.1, 0.15) is 5.56 Å². The van der Waals surface area contributed by atoms with Crippen molar-refractivity contribution in [1.29, 1.82) is 0 Å². The van der Waals surface area contributed by atoms with Gasteiger partial charge in [-0.1, -0.05) is 17.4 Å². The summed E-state index contributed by atoms with van der Waals surface area (Å²) < 4.78 is 9.09. The summed E-state index contributed by atoms with van der Waals surface area (Å²) in [7, 11) is 1.56. The van der Waals surface area contributed by atoms with Crippen molar-refractivity contribution in [2.24, 2.45) is 7.05 Å². The molecule has 7 nitrogen and oxygen atoms in total. The summed E-state index contributed by atoms with van der Waals surface area (Å²) in [5.41, 5.74) is 1.24. The summed E-state index contributed by atoms with van der Waals surface area (Å²) in [5, 5.41) is 10.1. The van der Waals surface area contributed by atoms with Gasteiger partial charge in [-0.2, -0.15) is 9.36 Å². The van der Waals surface area contributed by atoms with Crippen molar-refractivity contribution in [2.75, 3.05) is 0 Å². The Morgan fingerprint density at radius 3 is 2.90 bits per heavy atom. The zero-order chi connectivity index (χ0) is 14.8. The van der Waals surface area contributed by atoms with Crippen molar-refractivity contribution in [3.05, 3.63) is 49.4 Å². The second kappa shape index (κ2) is 5.93. The van der Waals surface area contributed by atoms with Gasteiger partial charge in [0.05, 0.1) is 5.69 Å². The topological polar surface area (TPSA) is 74.8 Å². The molecule has 9 heteroatoms. The van der Waals surface area contributed by atoms with E-state index in [0.717, 1.165) is 9.13 Å². The molecule has 1 aromatic carbocycles. The lowest BCUT2D eigenvalue weighted by Crippen LogP contribution is -2.23. The number of rotatable bonds is 4. The quantitative estimate of drug-likeness (QED) is 0.606. The molecular weight excluding hydrogens is 405 g/mol. The molecule has 0 atom stereocenters. The van der Waals surface area contributed by atoms with Crippen LogP contribution in [-0.2, 0) is 13.7 Å². The first-order valence-corrected chi connectivity index (χ1v) is 7.91. The number of hydrogen-bond donors (Lipinski definition) is 0. The molecule has 0 unspecified atom stereocenters. The van der Waals surface area contributed by atoms with Crippen molar-refractivity contribution < 1.29 is 4.74 Å². The minimum absolute atomic E-state index is 0.299. The van der Waals surface area contributed by atoms with E-state index in [1.165, 1.54) is 20.7 Å². The Labute approximate surface area is 137 Å². The minimum atomic E-state index is -0.299. The third-order valence-electron chi connectivity index (χ3n) is 2.79. The van der Waals surface area contributed by atoms with Crippen LogP contribution in [0.5, 0.6) is 5.19 Å². The maximum atomic E-state index is 12.0. The van der Waals surface area contributed by atoms with Gasteiger partial charge in [-0.15, -0.1) is 0 Å². The van der Waals surface area contributed by atoms with Crippen LogP contribution < -0.4 is 10.4 Å². The molecule has 0 spiro atoms. The van der Waals surface area contributed by atoms with Crippen LogP contribution >= 0.6 is 33.9 Å². The number of thiazole rings is 1. The van der Waals surface area contributed by atoms with Gasteiger partial charge >= 0.3 is 5.69 Å². The van der Waals surface area contributed by atoms with Gasteiger partial charge in [-0.05, 0) is 45.2 Å². The molecule has 21 heavy (non-hydrogen) atoms. The van der Waals surface area contributed by atoms with Crippen molar-refractivity contribution in [1.82, 2.24) is 24.8 Å². The highest BCUT2D eigenvalue weighted by molar-refractivity contribution is 14.1. The van der Waals surface area contributed by atoms with Crippen molar-refractivity contribution in [3.63, 3.8) is 0 Å². The van der Waals surface area contributed by atoms with E-state index >= 15 is 0 Å². The highest BCUT2D eigenvalue weighted by atomic mass is 127. The molecule has 0 fully saturated rings. The zero-order valence-corrected chi connectivity index (χ0v) is 13.9. The first-order valence-electron chi connectivity index (χ1n) is 5.96. The van der Waals surface area contributed by atoms with Gasteiger partial charge in [0.25, 0.3) is 5.19 Å². The molecule has 0 N–H and O–H groups in total. The minimum Gasteiger partial charge on any atom is -0.465 e. The smallest absolute Gasteiger partial charge is 0.368 e. The maximum absolute atomic E-state index is 12.0. The summed E-state index contributed by atoms with van der Waals surface area (Å²) in [6, 6.07) is 5.63. The second-order valence-corrected chi connectivity index (χ2v) is 6.14. The Morgan fingerprint density at radius 1 is 1.38 bits per heavy atom. The number of benzene rings is 1. The Balaban J connectivity index is 1.99. The fourth-order valence-corrected chi connectivity index (χ4v) is 2.90. The number of aryl methyl sites for hydroxylation is 1. The first kappa shape index (κ1) is 14.2. The van der Waals surface area contributed by atoms with Crippen LogP contribution in [0.3, 0.4) is 0 Å². The van der Waals surface area contributed by atoms with Gasteiger partial charge in [0.2, 0.25) is 0 Å². The van der Waals surface area contributed by atoms with Gasteiger partial charge in [-0.3, -0.25) is 0 Å². The molecule has 0 aliphatic carbocycles. The van der Waals surface area contributed by atoms with E-state index in [9.17, 15) is 4.79 Å². The highest BCUT2D eigenvalue weighted by Crippen LogP contribution is 2.22. The Morgan fingerprint density at radius 2 is 2.24 bits per heavy atom. The van der Waals surface area contributed by atoms with Crippen molar-refractivity contribution >= 4 is 33.9 Å². The van der Waals surface area contributed by atoms with Crippen molar-refractivity contribution in [3.8, 4) is 10.9 Å². The predicted octanol–water partition coefficient (Wildman–Crippen LogP) is 1.61. The van der Waals surface area contributed by atoms with Crippen LogP contribution in [0.4, 0.5) is 0 Å². The monoisotopic (exact) mass is 415 g/mol. The molecule has 3 aromatic rings. The van der Waals surface area contributed by atoms with Crippen LogP contribution in [-0.4, -0.2) is 24.8 Å². The van der Waals surface area contributed by atoms with E-state index in [1.54, 1.807) is 13.2 Å². The molecular formula is C12H10IN5O2S. The molecule has 0 bridgehead atoms. The summed E-state index contributed by atoms with van der Waals surface area (Å²) >= 11 is 3.63. The molecule has 2 aromatic heterocycles. The molecule has 0 saturated heterocycles. The zero-order valence-electron chi connectivity index (χ0n) is 10.9. The number of aromatic nitrogens is 5. The number of nitrogens with zero attached hydrogens (tertiary/aromatic N) is 5. The SMILES string of the molecule is Cn1nnn(-c2cccc(I)c2COc2nccs2)c1=O. The maximum Gasteiger partial charge on any atom is 0.368 e. The molecule has 3 rings (SSSR count). The fourth-order valence-electron chi connectivity index (χ4n) is 1.77. The van der Waals surface area contributed by atoms with E-state index in [1.807, 2.05) is 23.6 Å². The molecule has 0 amide bonds. The highest BCUT2D eigenvalue weighted by Gasteiger charge is 2.14. The van der Waals surface area contributed by atoms with Crippen LogP contribution in [0.2, 0.25) is 0 Å². The van der Waals surface area contributed by atoms with Crippen LogP contribution in [0, 0.1) is 3.57 Å². The Bertz CT molecular complexity index is 811. The molecule has 2 heterocycles. The number of halogens is 1. The van der Waals surface area contributed by atoms with Gasteiger partial charge < -0.3 is 4.74 Å². The van der Waals surface area contributed by atoms with Crippen LogP contribution in [0.25, 0.3) is 5.69 Å². The lowest BCUT2D eigenvalue weighted by atomic mass is 10.2. The molecule has 0 radical (unpaired) electrons. The molecule has 0 aliphatic heterocycles. The lowest BCUT2D eigenvalue weighted by Gasteiger charge is -2.10. The Hall–Kier alpha value is -1.75. The molecule has 108 valence electrons. The summed E-state index contributed by atoms with van der Waals surface area (Å²) in [5.74, 6) is 0. The largest absolute Gasteiger partial charge is 0.465 e. The van der Waals surface area contributed by atoms with Crippen LogP contribution in [0.15, 0.2) is 34.6 Å². The first-order chi connectivity index (χ1) is 10.2. The van der Waals surface area contributed by atoms with E-state index in [0.29, 0.717) is 17.5 Å². The van der Waals surface area contributed by atoms with E-state index in [-0.39, 0.29) is 5.69 Å². The van der Waals surface area contributed by atoms with E-state index in [2.05, 4.69) is 38.0 Å². The van der Waals surface area contributed by atoms with E-state index in [4.69, 9.17) is 4.74 Å². The normalized spacial score (nSPS) is 10.8. The average Bonchev–Trinajstić information content (AvgIpc) is 3.09. The Kier molecular flexibility index (Phi) is 4.01. The van der Waals surface area contributed by atoms with E-state index < -0.39 is 0 Å². The summed E-state index contributed by atoms with van der Waals surface area (Å²) in [4.78, 5) is 16.1. The third-order valence-corrected chi connectivity index (χ3v) is 4.49. The van der Waals surface area contributed by atoms with Gasteiger partial charge in [-0.25, -0.2) is 9.78 Å². The summed E-state index contributed by atoms with van der Waals surface area (Å²) in [6.07, 6.45) is 1.68. The number of tetrazole rings is 1. The van der Waals surface area contributed by atoms with Crippen molar-refractivity contribution in [2.45, 2.75) is 6.61 Å². The van der Waals surface area contributed by atoms with Gasteiger partial charge in [0.15, 0.2) is 0 Å². The third kappa shape index (κ3) is 2.83. The average molecular weight is 415 g/mol. The van der Waals surface area contributed by atoms with Gasteiger partial charge in [0, 0.05) is 27.8 Å². The summed E-state index contributed by atoms with van der Waals surface area (Å²) in [6.45, 7) is 0.310.